The number of esters is 1. The summed E-state index contributed by atoms with van der Waals surface area (Å²) in [5.74, 6) is -2.37. The number of anilines is 1. The predicted octanol–water partition coefficient (Wildman–Crippen LogP) is 3.08. The Hall–Kier alpha value is -2.58. The number of halogens is 3. The van der Waals surface area contributed by atoms with Crippen LogP contribution in [0.4, 0.5) is 18.9 Å². The Morgan fingerprint density at radius 2 is 2.00 bits per heavy atom. The third kappa shape index (κ3) is 6.44. The van der Waals surface area contributed by atoms with E-state index in [4.69, 9.17) is 4.74 Å². The van der Waals surface area contributed by atoms with E-state index in [9.17, 15) is 22.8 Å². The van der Waals surface area contributed by atoms with Crippen molar-refractivity contribution in [3.63, 3.8) is 0 Å². The number of amides is 1. The van der Waals surface area contributed by atoms with Crippen molar-refractivity contribution in [1.29, 1.82) is 0 Å². The normalized spacial score (nSPS) is 12.7. The average Bonchev–Trinajstić information content (AvgIpc) is 2.57. The fourth-order valence-corrected chi connectivity index (χ4v) is 1.74. The van der Waals surface area contributed by atoms with Gasteiger partial charge in [0.05, 0.1) is 31.4 Å². The minimum absolute atomic E-state index is 0.242. The van der Waals surface area contributed by atoms with Gasteiger partial charge in [0, 0.05) is 0 Å². The van der Waals surface area contributed by atoms with Crippen LogP contribution in [0.5, 0.6) is 5.75 Å². The van der Waals surface area contributed by atoms with Gasteiger partial charge < -0.3 is 14.8 Å². The molecule has 0 unspecified atom stereocenters. The Balaban J connectivity index is 2.64. The van der Waals surface area contributed by atoms with Gasteiger partial charge in [0.2, 0.25) is 5.91 Å². The van der Waals surface area contributed by atoms with Crippen molar-refractivity contribution < 1.29 is 32.2 Å². The highest BCUT2D eigenvalue weighted by molar-refractivity contribution is 5.96. The standard InChI is InChI=1S/C16H19F3N2O4/c1-10(16(17,18)19)6-7-20-9-14(22)21-12-5-4-11(15(23)25-3)8-13(12)24-2/h4-5,7-8,10H,6,9H2,1-3H3,(H,21,22)/t10-/m0/s1. The summed E-state index contributed by atoms with van der Waals surface area (Å²) in [7, 11) is 2.60. The lowest BCUT2D eigenvalue weighted by Gasteiger charge is -2.12. The molecule has 1 atom stereocenters. The lowest BCUT2D eigenvalue weighted by molar-refractivity contribution is -0.167. The fourth-order valence-electron chi connectivity index (χ4n) is 1.74. The number of nitrogens with one attached hydrogen (secondary N) is 1. The molecule has 0 radical (unpaired) electrons. The first-order chi connectivity index (χ1) is 11.7. The van der Waals surface area contributed by atoms with Crippen molar-refractivity contribution in [3.05, 3.63) is 23.8 Å². The molecule has 1 aromatic carbocycles. The Labute approximate surface area is 143 Å². The van der Waals surface area contributed by atoms with Crippen molar-refractivity contribution in [3.8, 4) is 5.75 Å². The van der Waals surface area contributed by atoms with E-state index in [1.807, 2.05) is 0 Å². The highest BCUT2D eigenvalue weighted by atomic mass is 19.4. The maximum Gasteiger partial charge on any atom is 0.391 e. The number of nitrogens with zero attached hydrogens (tertiary/aromatic N) is 1. The molecule has 0 saturated heterocycles. The molecule has 25 heavy (non-hydrogen) atoms. The van der Waals surface area contributed by atoms with Crippen molar-refractivity contribution in [2.45, 2.75) is 19.5 Å². The molecule has 6 nitrogen and oxygen atoms in total. The van der Waals surface area contributed by atoms with Gasteiger partial charge in [-0.2, -0.15) is 13.2 Å². The van der Waals surface area contributed by atoms with Gasteiger partial charge in [-0.15, -0.1) is 0 Å². The van der Waals surface area contributed by atoms with E-state index in [2.05, 4.69) is 15.0 Å². The second kappa shape index (κ2) is 9.05. The largest absolute Gasteiger partial charge is 0.495 e. The monoisotopic (exact) mass is 360 g/mol. The Kier molecular flexibility index (Phi) is 7.41. The van der Waals surface area contributed by atoms with Gasteiger partial charge in [-0.1, -0.05) is 6.92 Å². The molecule has 1 aromatic rings. The highest BCUT2D eigenvalue weighted by Crippen LogP contribution is 2.27. The molecule has 0 aromatic heterocycles. The van der Waals surface area contributed by atoms with Gasteiger partial charge >= 0.3 is 12.1 Å². The van der Waals surface area contributed by atoms with Crippen LogP contribution in [0.25, 0.3) is 0 Å². The van der Waals surface area contributed by atoms with Gasteiger partial charge in [-0.3, -0.25) is 9.79 Å². The molecule has 1 rings (SSSR count). The van der Waals surface area contributed by atoms with Crippen molar-refractivity contribution >= 4 is 23.8 Å². The van der Waals surface area contributed by atoms with Crippen LogP contribution >= 0.6 is 0 Å². The fraction of sp³-hybridized carbons (Fsp3) is 0.438. The summed E-state index contributed by atoms with van der Waals surface area (Å²) in [6.07, 6.45) is -3.51. The summed E-state index contributed by atoms with van der Waals surface area (Å²) in [4.78, 5) is 26.9. The lowest BCUT2D eigenvalue weighted by Crippen LogP contribution is -2.20. The smallest absolute Gasteiger partial charge is 0.391 e. The van der Waals surface area contributed by atoms with E-state index in [1.54, 1.807) is 0 Å². The summed E-state index contributed by atoms with van der Waals surface area (Å²) >= 11 is 0. The van der Waals surface area contributed by atoms with Crippen LogP contribution in [0.15, 0.2) is 23.2 Å². The van der Waals surface area contributed by atoms with Gasteiger partial charge in [0.15, 0.2) is 0 Å². The van der Waals surface area contributed by atoms with Crippen molar-refractivity contribution in [2.24, 2.45) is 10.9 Å². The molecular formula is C16H19F3N2O4. The van der Waals surface area contributed by atoms with Gasteiger partial charge in [-0.25, -0.2) is 4.79 Å². The van der Waals surface area contributed by atoms with Crippen LogP contribution in [0.2, 0.25) is 0 Å². The summed E-state index contributed by atoms with van der Waals surface area (Å²) in [5.41, 5.74) is 0.551. The zero-order valence-electron chi connectivity index (χ0n) is 14.0. The third-order valence-corrected chi connectivity index (χ3v) is 3.28. The minimum atomic E-state index is -4.29. The molecule has 0 bridgehead atoms. The molecular weight excluding hydrogens is 341 g/mol. The molecule has 0 fully saturated rings. The van der Waals surface area contributed by atoms with Crippen LogP contribution in [0, 0.1) is 5.92 Å². The topological polar surface area (TPSA) is 77.0 Å². The number of benzene rings is 1. The first-order valence-corrected chi connectivity index (χ1v) is 7.30. The highest BCUT2D eigenvalue weighted by Gasteiger charge is 2.34. The van der Waals surface area contributed by atoms with E-state index in [0.717, 1.165) is 13.1 Å². The Morgan fingerprint density at radius 3 is 2.56 bits per heavy atom. The zero-order chi connectivity index (χ0) is 19.0. The first kappa shape index (κ1) is 20.5. The summed E-state index contributed by atoms with van der Waals surface area (Å²) in [6.45, 7) is 0.715. The van der Waals surface area contributed by atoms with Crippen LogP contribution in [-0.2, 0) is 9.53 Å². The van der Waals surface area contributed by atoms with Crippen molar-refractivity contribution in [2.75, 3.05) is 26.1 Å². The maximum atomic E-state index is 12.3. The van der Waals surface area contributed by atoms with Crippen LogP contribution < -0.4 is 10.1 Å². The number of rotatable bonds is 7. The Bertz CT molecular complexity index is 645. The number of ether oxygens (including phenoxy) is 2. The number of aliphatic imine (C=N–C) groups is 1. The predicted molar refractivity (Wildman–Crippen MR) is 86.2 cm³/mol. The first-order valence-electron chi connectivity index (χ1n) is 7.30. The molecule has 0 aliphatic carbocycles. The summed E-state index contributed by atoms with van der Waals surface area (Å²) < 4.78 is 46.7. The Morgan fingerprint density at radius 1 is 1.32 bits per heavy atom. The van der Waals surface area contributed by atoms with Gasteiger partial charge in [-0.05, 0) is 30.8 Å². The maximum absolute atomic E-state index is 12.3. The molecule has 0 heterocycles. The number of hydrogen-bond donors (Lipinski definition) is 1. The second-order valence-corrected chi connectivity index (χ2v) is 5.16. The molecule has 0 aliphatic rings. The molecule has 9 heteroatoms. The van der Waals surface area contributed by atoms with Gasteiger partial charge in [0.1, 0.15) is 12.3 Å². The SMILES string of the molecule is COC(=O)c1ccc(NC(=O)CN=CC[C@H](C)C(F)(F)F)c(OC)c1. The average molecular weight is 360 g/mol. The van der Waals surface area contributed by atoms with Gasteiger partial charge in [0.25, 0.3) is 0 Å². The third-order valence-electron chi connectivity index (χ3n) is 3.28. The number of hydrogen-bond acceptors (Lipinski definition) is 5. The summed E-state index contributed by atoms with van der Waals surface area (Å²) in [5, 5.41) is 2.51. The van der Waals surface area contributed by atoms with Crippen molar-refractivity contribution in [1.82, 2.24) is 0 Å². The molecule has 1 N–H and O–H groups in total. The van der Waals surface area contributed by atoms with E-state index in [-0.39, 0.29) is 24.3 Å². The van der Waals surface area contributed by atoms with E-state index in [1.165, 1.54) is 32.4 Å². The zero-order valence-corrected chi connectivity index (χ0v) is 14.0. The van der Waals surface area contributed by atoms with E-state index >= 15 is 0 Å². The second-order valence-electron chi connectivity index (χ2n) is 5.16. The van der Waals surface area contributed by atoms with Crippen LogP contribution in [0.3, 0.4) is 0 Å². The lowest BCUT2D eigenvalue weighted by atomic mass is 10.1. The molecule has 0 aliphatic heterocycles. The number of alkyl halides is 3. The number of carbonyl (C=O) groups is 2. The van der Waals surface area contributed by atoms with Crippen LogP contribution in [0.1, 0.15) is 23.7 Å². The summed E-state index contributed by atoms with van der Waals surface area (Å²) in [6, 6.07) is 4.30. The molecule has 1 amide bonds. The minimum Gasteiger partial charge on any atom is -0.495 e. The number of carbonyl (C=O) groups excluding carboxylic acids is 2. The van der Waals surface area contributed by atoms with E-state index < -0.39 is 24.0 Å². The quantitative estimate of drug-likeness (QED) is 0.599. The van der Waals surface area contributed by atoms with E-state index in [0.29, 0.717) is 5.69 Å². The van der Waals surface area contributed by atoms with Crippen LogP contribution in [-0.4, -0.2) is 45.0 Å². The molecule has 138 valence electrons. The molecule has 0 saturated carbocycles. The number of methoxy groups -OCH3 is 2. The molecule has 0 spiro atoms.